The predicted octanol–water partition coefficient (Wildman–Crippen LogP) is 4.08. The molecule has 124 valence electrons. The van der Waals surface area contributed by atoms with Crippen molar-refractivity contribution in [2.45, 2.75) is 23.4 Å². The maximum absolute atomic E-state index is 12.2. The number of aromatic nitrogens is 3. The van der Waals surface area contributed by atoms with Crippen LogP contribution in [0, 0.1) is 10.9 Å². The smallest absolute Gasteiger partial charge is 0.238 e. The van der Waals surface area contributed by atoms with Crippen molar-refractivity contribution in [1.82, 2.24) is 14.9 Å². The van der Waals surface area contributed by atoms with Crippen molar-refractivity contribution in [3.8, 4) is 5.69 Å². The summed E-state index contributed by atoms with van der Waals surface area (Å²) in [4.78, 5) is 12.2. The fourth-order valence-electron chi connectivity index (χ4n) is 1.90. The quantitative estimate of drug-likeness (QED) is 0.533. The Morgan fingerprint density at radius 3 is 2.83 bits per heavy atom. The lowest BCUT2D eigenvalue weighted by atomic mass is 10.3. The molecule has 0 aliphatic rings. The standard InChI is InChI=1S/C15H14N4O2S3/c1-9-8-12(18-21-9)16-13(20)10(2)23-14-17-19(15(22)24-14)11-6-4-3-5-7-11/h3-8,10H,1-2H3,(H,16,18,20). The van der Waals surface area contributed by atoms with E-state index in [0.717, 1.165) is 10.0 Å². The Morgan fingerprint density at radius 1 is 1.42 bits per heavy atom. The van der Waals surface area contributed by atoms with E-state index in [-0.39, 0.29) is 11.2 Å². The molecule has 1 N–H and O–H groups in total. The van der Waals surface area contributed by atoms with Gasteiger partial charge in [-0.1, -0.05) is 46.5 Å². The Kier molecular flexibility index (Phi) is 5.12. The Balaban J connectivity index is 1.69. The van der Waals surface area contributed by atoms with Crippen molar-refractivity contribution >= 4 is 47.0 Å². The first-order chi connectivity index (χ1) is 11.5. The molecule has 24 heavy (non-hydrogen) atoms. The van der Waals surface area contributed by atoms with Gasteiger partial charge in [-0.25, -0.2) is 4.68 Å². The lowest BCUT2D eigenvalue weighted by Crippen LogP contribution is -2.22. The molecular formula is C15H14N4O2S3. The number of amides is 1. The Bertz CT molecular complexity index is 901. The van der Waals surface area contributed by atoms with Gasteiger partial charge in [-0.05, 0) is 38.2 Å². The van der Waals surface area contributed by atoms with Crippen molar-refractivity contribution in [1.29, 1.82) is 0 Å². The van der Waals surface area contributed by atoms with Gasteiger partial charge in [0.15, 0.2) is 14.1 Å². The molecule has 0 aliphatic heterocycles. The summed E-state index contributed by atoms with van der Waals surface area (Å²) < 4.78 is 8.02. The number of aryl methyl sites for hydroxylation is 1. The molecule has 9 heteroatoms. The largest absolute Gasteiger partial charge is 0.360 e. The zero-order chi connectivity index (χ0) is 17.1. The van der Waals surface area contributed by atoms with Crippen molar-refractivity contribution in [3.05, 3.63) is 46.1 Å². The third-order valence-electron chi connectivity index (χ3n) is 3.06. The lowest BCUT2D eigenvalue weighted by Gasteiger charge is -2.07. The van der Waals surface area contributed by atoms with Gasteiger partial charge in [0.25, 0.3) is 0 Å². The molecule has 3 rings (SSSR count). The summed E-state index contributed by atoms with van der Waals surface area (Å²) in [6.07, 6.45) is 0. The summed E-state index contributed by atoms with van der Waals surface area (Å²) in [5, 5.41) is 10.6. The predicted molar refractivity (Wildman–Crippen MR) is 97.5 cm³/mol. The fourth-order valence-corrected chi connectivity index (χ4v) is 4.40. The lowest BCUT2D eigenvalue weighted by molar-refractivity contribution is -0.115. The molecule has 0 bridgehead atoms. The van der Waals surface area contributed by atoms with E-state index in [1.165, 1.54) is 23.1 Å². The van der Waals surface area contributed by atoms with E-state index < -0.39 is 0 Å². The number of nitrogens with one attached hydrogen (secondary N) is 1. The molecule has 0 fully saturated rings. The van der Waals surface area contributed by atoms with Crippen LogP contribution in [0.3, 0.4) is 0 Å². The average molecular weight is 379 g/mol. The molecule has 2 aromatic heterocycles. The van der Waals surface area contributed by atoms with Crippen LogP contribution in [-0.4, -0.2) is 26.1 Å². The number of carbonyl (C=O) groups excluding carboxylic acids is 1. The third-order valence-corrected chi connectivity index (χ3v) is 5.47. The van der Waals surface area contributed by atoms with Gasteiger partial charge in [-0.2, -0.15) is 0 Å². The first-order valence-corrected chi connectivity index (χ1v) is 9.20. The van der Waals surface area contributed by atoms with Crippen LogP contribution in [-0.2, 0) is 4.79 Å². The van der Waals surface area contributed by atoms with Gasteiger partial charge in [0, 0.05) is 6.07 Å². The number of thioether (sulfide) groups is 1. The van der Waals surface area contributed by atoms with Crippen LogP contribution in [0.15, 0.2) is 45.3 Å². The van der Waals surface area contributed by atoms with Gasteiger partial charge in [0.1, 0.15) is 5.76 Å². The minimum atomic E-state index is -0.341. The highest BCUT2D eigenvalue weighted by Crippen LogP contribution is 2.28. The molecule has 1 aromatic carbocycles. The average Bonchev–Trinajstić information content (AvgIpc) is 3.13. The molecule has 3 aromatic rings. The fraction of sp³-hybridized carbons (Fsp3) is 0.200. The maximum Gasteiger partial charge on any atom is 0.238 e. The normalized spacial score (nSPS) is 12.1. The van der Waals surface area contributed by atoms with Gasteiger partial charge in [0.2, 0.25) is 5.91 Å². The topological polar surface area (TPSA) is 73.0 Å². The molecule has 1 atom stereocenters. The summed E-state index contributed by atoms with van der Waals surface area (Å²) in [6.45, 7) is 3.58. The molecule has 1 unspecified atom stereocenters. The monoisotopic (exact) mass is 378 g/mol. The van der Waals surface area contributed by atoms with E-state index in [9.17, 15) is 4.79 Å². The molecule has 2 heterocycles. The molecule has 0 saturated heterocycles. The second-order valence-corrected chi connectivity index (χ2v) is 8.16. The summed E-state index contributed by atoms with van der Waals surface area (Å²) in [5.74, 6) is 0.887. The van der Waals surface area contributed by atoms with Crippen LogP contribution in [0.1, 0.15) is 12.7 Å². The molecule has 0 aliphatic carbocycles. The number of benzene rings is 1. The van der Waals surface area contributed by atoms with E-state index >= 15 is 0 Å². The van der Waals surface area contributed by atoms with Crippen LogP contribution in [0.25, 0.3) is 5.69 Å². The van der Waals surface area contributed by atoms with E-state index in [4.69, 9.17) is 16.7 Å². The second kappa shape index (κ2) is 7.29. The Hall–Kier alpha value is -1.97. The first kappa shape index (κ1) is 16.9. The van der Waals surface area contributed by atoms with Gasteiger partial charge in [-0.15, -0.1) is 5.10 Å². The van der Waals surface area contributed by atoms with Crippen molar-refractivity contribution < 1.29 is 9.32 Å². The summed E-state index contributed by atoms with van der Waals surface area (Å²) >= 11 is 8.10. The van der Waals surface area contributed by atoms with Crippen LogP contribution in [0.5, 0.6) is 0 Å². The van der Waals surface area contributed by atoms with E-state index in [1.807, 2.05) is 37.3 Å². The molecule has 0 saturated carbocycles. The second-order valence-electron chi connectivity index (χ2n) is 4.95. The van der Waals surface area contributed by atoms with E-state index in [1.54, 1.807) is 17.7 Å². The SMILES string of the molecule is Cc1cc(NC(=O)C(C)Sc2nn(-c3ccccc3)c(=S)s2)no1. The van der Waals surface area contributed by atoms with Crippen molar-refractivity contribution in [2.75, 3.05) is 5.32 Å². The van der Waals surface area contributed by atoms with Gasteiger partial charge >= 0.3 is 0 Å². The summed E-state index contributed by atoms with van der Waals surface area (Å²) in [7, 11) is 0. The minimum absolute atomic E-state index is 0.166. The minimum Gasteiger partial charge on any atom is -0.360 e. The highest BCUT2D eigenvalue weighted by molar-refractivity contribution is 8.02. The van der Waals surface area contributed by atoms with Crippen molar-refractivity contribution in [2.24, 2.45) is 0 Å². The molecular weight excluding hydrogens is 364 g/mol. The number of rotatable bonds is 5. The highest BCUT2D eigenvalue weighted by Gasteiger charge is 2.18. The zero-order valence-electron chi connectivity index (χ0n) is 12.9. The third kappa shape index (κ3) is 3.92. The summed E-state index contributed by atoms with van der Waals surface area (Å²) in [5.41, 5.74) is 0.903. The van der Waals surface area contributed by atoms with E-state index in [2.05, 4.69) is 15.6 Å². The first-order valence-electron chi connectivity index (χ1n) is 7.09. The molecule has 1 amide bonds. The van der Waals surface area contributed by atoms with Crippen LogP contribution < -0.4 is 5.32 Å². The van der Waals surface area contributed by atoms with Crippen LogP contribution in [0.2, 0.25) is 0 Å². The number of anilines is 1. The maximum atomic E-state index is 12.2. The van der Waals surface area contributed by atoms with Gasteiger partial charge in [0.05, 0.1) is 10.9 Å². The number of nitrogens with zero attached hydrogens (tertiary/aromatic N) is 3. The van der Waals surface area contributed by atoms with Gasteiger partial charge in [-0.3, -0.25) is 4.79 Å². The van der Waals surface area contributed by atoms with Crippen LogP contribution >= 0.6 is 35.3 Å². The van der Waals surface area contributed by atoms with Crippen molar-refractivity contribution in [3.63, 3.8) is 0 Å². The number of para-hydroxylation sites is 1. The van der Waals surface area contributed by atoms with Gasteiger partial charge < -0.3 is 9.84 Å². The van der Waals surface area contributed by atoms with Crippen LogP contribution in [0.4, 0.5) is 5.82 Å². The highest BCUT2D eigenvalue weighted by atomic mass is 32.2. The number of hydrogen-bond donors (Lipinski definition) is 1. The molecule has 0 spiro atoms. The molecule has 0 radical (unpaired) electrons. The summed E-state index contributed by atoms with van der Waals surface area (Å²) in [6, 6.07) is 11.3. The Morgan fingerprint density at radius 2 is 2.17 bits per heavy atom. The number of hydrogen-bond acceptors (Lipinski definition) is 7. The zero-order valence-corrected chi connectivity index (χ0v) is 15.4. The van der Waals surface area contributed by atoms with E-state index in [0.29, 0.717) is 15.5 Å². The number of carbonyl (C=O) groups is 1. The molecule has 6 nitrogen and oxygen atoms in total. The Labute approximate surface area is 151 Å².